The fourth-order valence-electron chi connectivity index (χ4n) is 3.58. The highest BCUT2D eigenvalue weighted by Gasteiger charge is 2.29. The molecule has 1 aliphatic carbocycles. The molecule has 1 saturated heterocycles. The normalized spacial score (nSPS) is 22.9. The lowest BCUT2D eigenvalue weighted by Crippen LogP contribution is -2.38. The third-order valence-electron chi connectivity index (χ3n) is 4.86. The first-order valence-electron chi connectivity index (χ1n) is 8.24. The van der Waals surface area contributed by atoms with Gasteiger partial charge in [-0.3, -0.25) is 4.79 Å². The molecule has 1 aromatic rings. The van der Waals surface area contributed by atoms with E-state index >= 15 is 0 Å². The molecule has 1 heterocycles. The molecule has 0 unspecified atom stereocenters. The van der Waals surface area contributed by atoms with Crippen LogP contribution in [-0.4, -0.2) is 30.2 Å². The number of rotatable bonds is 5. The number of nitrogens with zero attached hydrogens (tertiary/aromatic N) is 1. The predicted molar refractivity (Wildman–Crippen MR) is 82.8 cm³/mol. The molecule has 0 N–H and O–H groups in total. The van der Waals surface area contributed by atoms with Crippen molar-refractivity contribution in [1.29, 1.82) is 0 Å². The lowest BCUT2D eigenvalue weighted by molar-refractivity contribution is -0.133. The molecule has 0 bridgehead atoms. The van der Waals surface area contributed by atoms with Gasteiger partial charge in [-0.25, -0.2) is 0 Å². The predicted octanol–water partition coefficient (Wildman–Crippen LogP) is 3.38. The largest absolute Gasteiger partial charge is 0.359 e. The molecule has 0 radical (unpaired) electrons. The van der Waals surface area contributed by atoms with Gasteiger partial charge in [0.25, 0.3) is 0 Å². The third kappa shape index (κ3) is 3.85. The van der Waals surface area contributed by atoms with Crippen LogP contribution in [-0.2, 0) is 16.0 Å². The Morgan fingerprint density at radius 2 is 1.95 bits per heavy atom. The third-order valence-corrected chi connectivity index (χ3v) is 4.86. The van der Waals surface area contributed by atoms with Crippen molar-refractivity contribution in [2.75, 3.05) is 13.3 Å². The molecule has 1 atom stereocenters. The van der Waals surface area contributed by atoms with Gasteiger partial charge >= 0.3 is 0 Å². The highest BCUT2D eigenvalue weighted by atomic mass is 16.5. The summed E-state index contributed by atoms with van der Waals surface area (Å²) in [4.78, 5) is 14.4. The summed E-state index contributed by atoms with van der Waals surface area (Å²) in [6, 6.07) is 10.6. The van der Waals surface area contributed by atoms with Crippen LogP contribution >= 0.6 is 0 Å². The maximum absolute atomic E-state index is 12.4. The van der Waals surface area contributed by atoms with Gasteiger partial charge < -0.3 is 9.64 Å². The Kier molecular flexibility index (Phi) is 4.91. The highest BCUT2D eigenvalue weighted by molar-refractivity contribution is 5.76. The van der Waals surface area contributed by atoms with Gasteiger partial charge in [0.05, 0.1) is 12.6 Å². The van der Waals surface area contributed by atoms with E-state index in [9.17, 15) is 4.79 Å². The quantitative estimate of drug-likeness (QED) is 0.831. The second kappa shape index (κ2) is 7.08. The van der Waals surface area contributed by atoms with Crippen LogP contribution in [0.1, 0.15) is 44.1 Å². The SMILES string of the molecule is O=C(CCC1CCCC1)N1COC[C@@H]1Cc1ccccc1. The summed E-state index contributed by atoms with van der Waals surface area (Å²) < 4.78 is 5.54. The Hall–Kier alpha value is -1.35. The molecule has 2 aliphatic rings. The van der Waals surface area contributed by atoms with E-state index in [1.807, 2.05) is 11.0 Å². The van der Waals surface area contributed by atoms with E-state index in [4.69, 9.17) is 4.74 Å². The van der Waals surface area contributed by atoms with Crippen molar-refractivity contribution in [3.05, 3.63) is 35.9 Å². The lowest BCUT2D eigenvalue weighted by atomic mass is 10.0. The minimum absolute atomic E-state index is 0.212. The molecule has 114 valence electrons. The van der Waals surface area contributed by atoms with Crippen molar-refractivity contribution in [2.45, 2.75) is 51.0 Å². The number of ether oxygens (including phenoxy) is 1. The van der Waals surface area contributed by atoms with Crippen molar-refractivity contribution in [3.63, 3.8) is 0 Å². The summed E-state index contributed by atoms with van der Waals surface area (Å²) in [6.07, 6.45) is 7.99. The molecule has 1 saturated carbocycles. The molecule has 1 aliphatic heterocycles. The molecule has 3 nitrogen and oxygen atoms in total. The average Bonchev–Trinajstić information content (AvgIpc) is 3.17. The first-order chi connectivity index (χ1) is 10.3. The number of hydrogen-bond donors (Lipinski definition) is 0. The van der Waals surface area contributed by atoms with E-state index < -0.39 is 0 Å². The van der Waals surface area contributed by atoms with Gasteiger partial charge in [-0.2, -0.15) is 0 Å². The van der Waals surface area contributed by atoms with Crippen molar-refractivity contribution in [1.82, 2.24) is 4.90 Å². The molecule has 1 aromatic carbocycles. The molecule has 3 rings (SSSR count). The zero-order valence-corrected chi connectivity index (χ0v) is 12.7. The number of benzene rings is 1. The van der Waals surface area contributed by atoms with Crippen LogP contribution in [0.25, 0.3) is 0 Å². The zero-order valence-electron chi connectivity index (χ0n) is 12.7. The number of carbonyl (C=O) groups is 1. The Balaban J connectivity index is 1.52. The first-order valence-corrected chi connectivity index (χ1v) is 8.24. The summed E-state index contributed by atoms with van der Waals surface area (Å²) in [5, 5.41) is 0. The van der Waals surface area contributed by atoms with Crippen molar-refractivity contribution in [3.8, 4) is 0 Å². The van der Waals surface area contributed by atoms with Gasteiger partial charge in [0, 0.05) is 6.42 Å². The van der Waals surface area contributed by atoms with E-state index in [2.05, 4.69) is 24.3 Å². The lowest BCUT2D eigenvalue weighted by Gasteiger charge is -2.23. The minimum Gasteiger partial charge on any atom is -0.359 e. The molecule has 21 heavy (non-hydrogen) atoms. The van der Waals surface area contributed by atoms with Crippen LogP contribution in [0.4, 0.5) is 0 Å². The fraction of sp³-hybridized carbons (Fsp3) is 0.611. The molecule has 1 amide bonds. The fourth-order valence-corrected chi connectivity index (χ4v) is 3.58. The number of carbonyl (C=O) groups excluding carboxylic acids is 1. The monoisotopic (exact) mass is 287 g/mol. The summed E-state index contributed by atoms with van der Waals surface area (Å²) >= 11 is 0. The van der Waals surface area contributed by atoms with Crippen molar-refractivity contribution < 1.29 is 9.53 Å². The maximum atomic E-state index is 12.4. The van der Waals surface area contributed by atoms with Crippen LogP contribution in [0.15, 0.2) is 30.3 Å². The summed E-state index contributed by atoms with van der Waals surface area (Å²) in [6.45, 7) is 1.14. The van der Waals surface area contributed by atoms with Crippen molar-refractivity contribution >= 4 is 5.91 Å². The first kappa shape index (κ1) is 14.6. The zero-order chi connectivity index (χ0) is 14.5. The molecule has 0 aromatic heterocycles. The Morgan fingerprint density at radius 1 is 1.19 bits per heavy atom. The van der Waals surface area contributed by atoms with E-state index in [1.165, 1.54) is 31.2 Å². The van der Waals surface area contributed by atoms with E-state index in [0.29, 0.717) is 19.8 Å². The van der Waals surface area contributed by atoms with E-state index in [0.717, 1.165) is 18.8 Å². The number of amides is 1. The molecule has 0 spiro atoms. The summed E-state index contributed by atoms with van der Waals surface area (Å²) in [5.41, 5.74) is 1.28. The molecule has 3 heteroatoms. The van der Waals surface area contributed by atoms with Crippen LogP contribution in [0.3, 0.4) is 0 Å². The minimum atomic E-state index is 0.212. The Bertz CT molecular complexity index is 454. The number of hydrogen-bond acceptors (Lipinski definition) is 2. The Labute approximate surface area is 127 Å². The molecule has 2 fully saturated rings. The van der Waals surface area contributed by atoms with Crippen LogP contribution in [0, 0.1) is 5.92 Å². The van der Waals surface area contributed by atoms with E-state index in [-0.39, 0.29) is 11.9 Å². The topological polar surface area (TPSA) is 29.5 Å². The maximum Gasteiger partial charge on any atom is 0.224 e. The summed E-state index contributed by atoms with van der Waals surface area (Å²) in [7, 11) is 0. The van der Waals surface area contributed by atoms with Gasteiger partial charge in [-0.1, -0.05) is 56.0 Å². The van der Waals surface area contributed by atoms with Gasteiger partial charge in [0.1, 0.15) is 6.73 Å². The summed E-state index contributed by atoms with van der Waals surface area (Å²) in [5.74, 6) is 1.06. The average molecular weight is 287 g/mol. The molecular weight excluding hydrogens is 262 g/mol. The smallest absolute Gasteiger partial charge is 0.224 e. The Morgan fingerprint density at radius 3 is 2.71 bits per heavy atom. The van der Waals surface area contributed by atoms with Gasteiger partial charge in [-0.15, -0.1) is 0 Å². The highest BCUT2D eigenvalue weighted by Crippen LogP contribution is 2.29. The van der Waals surface area contributed by atoms with E-state index in [1.54, 1.807) is 0 Å². The van der Waals surface area contributed by atoms with Crippen LogP contribution in [0.2, 0.25) is 0 Å². The van der Waals surface area contributed by atoms with Crippen LogP contribution < -0.4 is 0 Å². The van der Waals surface area contributed by atoms with Gasteiger partial charge in [0.2, 0.25) is 5.91 Å². The van der Waals surface area contributed by atoms with Gasteiger partial charge in [0.15, 0.2) is 0 Å². The molecular formula is C18H25NO2. The van der Waals surface area contributed by atoms with Crippen molar-refractivity contribution in [2.24, 2.45) is 5.92 Å². The standard InChI is InChI=1S/C18H25NO2/c20-18(11-10-15-6-4-5-7-15)19-14-21-13-17(19)12-16-8-2-1-3-9-16/h1-3,8-9,15,17H,4-7,10-14H2/t17-/m0/s1. The van der Waals surface area contributed by atoms with Crippen LogP contribution in [0.5, 0.6) is 0 Å². The van der Waals surface area contributed by atoms with Gasteiger partial charge in [-0.05, 0) is 24.3 Å². The second-order valence-electron chi connectivity index (χ2n) is 6.40. The second-order valence-corrected chi connectivity index (χ2v) is 6.40.